The maximum absolute atomic E-state index is 13.3. The van der Waals surface area contributed by atoms with Gasteiger partial charge in [-0.2, -0.15) is 0 Å². The molecule has 32 heavy (non-hydrogen) atoms. The van der Waals surface area contributed by atoms with E-state index < -0.39 is 5.92 Å². The molecule has 0 amide bonds. The van der Waals surface area contributed by atoms with E-state index in [1.54, 1.807) is 0 Å². The quantitative estimate of drug-likeness (QED) is 0.658. The van der Waals surface area contributed by atoms with Gasteiger partial charge in [0.25, 0.3) is 5.92 Å². The Kier molecular flexibility index (Phi) is 6.90. The van der Waals surface area contributed by atoms with Crippen LogP contribution in [0, 0.1) is 13.8 Å². The molecule has 0 aliphatic carbocycles. The maximum atomic E-state index is 13.3. The first kappa shape index (κ1) is 22.9. The lowest BCUT2D eigenvalue weighted by Gasteiger charge is -2.34. The normalized spacial score (nSPS) is 19.5. The molecule has 2 aliphatic rings. The molecule has 1 N–H and O–H groups in total. The van der Waals surface area contributed by atoms with Crippen LogP contribution in [0.5, 0.6) is 0 Å². The summed E-state index contributed by atoms with van der Waals surface area (Å²) in [5.41, 5.74) is 4.19. The van der Waals surface area contributed by atoms with Crippen LogP contribution in [0.15, 0.2) is 24.3 Å². The van der Waals surface area contributed by atoms with E-state index in [0.29, 0.717) is 25.5 Å². The Balaban J connectivity index is 1.37. The maximum Gasteiger partial charge on any atom is 0.261 e. The van der Waals surface area contributed by atoms with Crippen molar-refractivity contribution in [1.29, 1.82) is 0 Å². The Morgan fingerprint density at radius 3 is 2.38 bits per heavy atom. The lowest BCUT2D eigenvalue weighted by molar-refractivity contribution is 0.0122. The minimum atomic E-state index is -2.53. The number of nitrogens with one attached hydrogen (secondary N) is 1. The predicted molar refractivity (Wildman–Crippen MR) is 126 cm³/mol. The highest BCUT2D eigenvalue weighted by atomic mass is 19.3. The van der Waals surface area contributed by atoms with Crippen LogP contribution in [0.1, 0.15) is 24.1 Å². The third-order valence-corrected chi connectivity index (χ3v) is 6.58. The van der Waals surface area contributed by atoms with E-state index in [2.05, 4.69) is 46.4 Å². The Bertz CT molecular complexity index is 909. The van der Waals surface area contributed by atoms with E-state index in [-0.39, 0.29) is 13.0 Å². The van der Waals surface area contributed by atoms with Crippen molar-refractivity contribution in [2.45, 2.75) is 32.6 Å². The van der Waals surface area contributed by atoms with Crippen molar-refractivity contribution in [3.8, 4) is 11.4 Å². The van der Waals surface area contributed by atoms with Crippen molar-refractivity contribution in [3.63, 3.8) is 0 Å². The zero-order valence-electron chi connectivity index (χ0n) is 19.4. The Labute approximate surface area is 189 Å². The molecule has 2 aliphatic heterocycles. The number of halogens is 2. The van der Waals surface area contributed by atoms with E-state index >= 15 is 0 Å². The number of aromatic nitrogens is 2. The lowest BCUT2D eigenvalue weighted by Crippen LogP contribution is -2.44. The molecule has 2 saturated heterocycles. The molecule has 2 fully saturated rings. The molecule has 8 heteroatoms. The second-order valence-electron chi connectivity index (χ2n) is 9.11. The number of hydrogen-bond acceptors (Lipinski definition) is 6. The average Bonchev–Trinajstić information content (AvgIpc) is 3.13. The third-order valence-electron chi connectivity index (χ3n) is 6.58. The molecule has 0 bridgehead atoms. The molecule has 1 aromatic heterocycles. The summed E-state index contributed by atoms with van der Waals surface area (Å²) in [5, 5.41) is 3.40. The minimum absolute atomic E-state index is 0.0262. The van der Waals surface area contributed by atoms with E-state index in [4.69, 9.17) is 9.97 Å². The van der Waals surface area contributed by atoms with Gasteiger partial charge in [0.1, 0.15) is 5.82 Å². The van der Waals surface area contributed by atoms with Crippen LogP contribution in [0.4, 0.5) is 20.3 Å². The Morgan fingerprint density at radius 2 is 1.72 bits per heavy atom. The molecule has 0 spiro atoms. The monoisotopic (exact) mass is 444 g/mol. The number of alkyl halides is 2. The van der Waals surface area contributed by atoms with Crippen LogP contribution < -0.4 is 10.2 Å². The molecule has 0 saturated carbocycles. The molecule has 3 heterocycles. The third kappa shape index (κ3) is 5.53. The summed E-state index contributed by atoms with van der Waals surface area (Å²) in [6.45, 7) is 9.98. The highest BCUT2D eigenvalue weighted by molar-refractivity contribution is 5.63. The summed E-state index contributed by atoms with van der Waals surface area (Å²) in [5.74, 6) is -0.995. The van der Waals surface area contributed by atoms with Crippen LogP contribution in [-0.4, -0.2) is 85.1 Å². The van der Waals surface area contributed by atoms with Gasteiger partial charge in [-0.25, -0.2) is 18.7 Å². The summed E-state index contributed by atoms with van der Waals surface area (Å²) >= 11 is 0. The molecule has 174 valence electrons. The zero-order valence-corrected chi connectivity index (χ0v) is 19.4. The van der Waals surface area contributed by atoms with Crippen LogP contribution in [0.2, 0.25) is 0 Å². The van der Waals surface area contributed by atoms with Gasteiger partial charge < -0.3 is 15.1 Å². The molecule has 0 atom stereocenters. The van der Waals surface area contributed by atoms with Crippen LogP contribution >= 0.6 is 0 Å². The van der Waals surface area contributed by atoms with Crippen molar-refractivity contribution >= 4 is 11.5 Å². The van der Waals surface area contributed by atoms with E-state index in [0.717, 1.165) is 55.2 Å². The Morgan fingerprint density at radius 1 is 1.00 bits per heavy atom. The zero-order chi connectivity index (χ0) is 22.7. The largest absolute Gasteiger partial charge is 0.370 e. The summed E-state index contributed by atoms with van der Waals surface area (Å²) in [6, 6.07) is 8.49. The number of anilines is 2. The van der Waals surface area contributed by atoms with Crippen molar-refractivity contribution in [2.75, 3.05) is 69.6 Å². The molecule has 0 unspecified atom stereocenters. The molecule has 1 aromatic carbocycles. The van der Waals surface area contributed by atoms with Gasteiger partial charge in [0.15, 0.2) is 5.82 Å². The molecule has 4 rings (SSSR count). The first-order valence-corrected chi connectivity index (χ1v) is 11.5. The van der Waals surface area contributed by atoms with Crippen molar-refractivity contribution in [2.24, 2.45) is 0 Å². The van der Waals surface area contributed by atoms with E-state index in [1.165, 1.54) is 5.69 Å². The second kappa shape index (κ2) is 9.67. The number of likely N-dealkylation sites (N-methyl/N-ethyl adjacent to an activating group) is 1. The van der Waals surface area contributed by atoms with Gasteiger partial charge in [0.2, 0.25) is 0 Å². The van der Waals surface area contributed by atoms with Gasteiger partial charge in [-0.1, -0.05) is 0 Å². The van der Waals surface area contributed by atoms with Crippen molar-refractivity contribution < 1.29 is 8.78 Å². The summed E-state index contributed by atoms with van der Waals surface area (Å²) in [7, 11) is 2.16. The number of rotatable bonds is 7. The highest BCUT2D eigenvalue weighted by Gasteiger charge is 2.37. The van der Waals surface area contributed by atoms with Gasteiger partial charge in [-0.05, 0) is 51.6 Å². The number of aryl methyl sites for hydroxylation is 1. The summed E-state index contributed by atoms with van der Waals surface area (Å²) < 4.78 is 26.7. The molecular weight excluding hydrogens is 410 g/mol. The van der Waals surface area contributed by atoms with Crippen LogP contribution in [-0.2, 0) is 0 Å². The van der Waals surface area contributed by atoms with Crippen molar-refractivity contribution in [3.05, 3.63) is 35.5 Å². The SMILES string of the molecule is Cc1nc(-c2ccc(N3CCN(C)CC3)cc2)nc(NCCCN2CCC(F)(F)C2)c1C. The smallest absolute Gasteiger partial charge is 0.261 e. The topological polar surface area (TPSA) is 47.5 Å². The lowest BCUT2D eigenvalue weighted by atomic mass is 10.1. The van der Waals surface area contributed by atoms with Crippen LogP contribution in [0.3, 0.4) is 0 Å². The van der Waals surface area contributed by atoms with E-state index in [1.807, 2.05) is 18.7 Å². The number of nitrogens with zero attached hydrogens (tertiary/aromatic N) is 5. The molecule has 0 radical (unpaired) electrons. The predicted octanol–water partition coefficient (Wildman–Crippen LogP) is 3.66. The average molecular weight is 445 g/mol. The Hall–Kier alpha value is -2.32. The standard InChI is InChI=1S/C24H34F2N6/c1-18-19(2)28-23(20-5-7-21(8-6-20)32-15-13-30(3)14-16-32)29-22(18)27-10-4-11-31-12-9-24(25,26)17-31/h5-8H,4,9-17H2,1-3H3,(H,27,28,29). The summed E-state index contributed by atoms with van der Waals surface area (Å²) in [6.07, 6.45) is 0.773. The minimum Gasteiger partial charge on any atom is -0.370 e. The molecule has 2 aromatic rings. The number of hydrogen-bond donors (Lipinski definition) is 1. The van der Waals surface area contributed by atoms with Gasteiger partial charge in [0.05, 0.1) is 6.54 Å². The van der Waals surface area contributed by atoms with Gasteiger partial charge >= 0.3 is 0 Å². The molecule has 6 nitrogen and oxygen atoms in total. The molecular formula is C24H34F2N6. The van der Waals surface area contributed by atoms with Crippen molar-refractivity contribution in [1.82, 2.24) is 19.8 Å². The fraction of sp³-hybridized carbons (Fsp3) is 0.583. The van der Waals surface area contributed by atoms with Crippen LogP contribution in [0.25, 0.3) is 11.4 Å². The van der Waals surface area contributed by atoms with E-state index in [9.17, 15) is 8.78 Å². The fourth-order valence-corrected chi connectivity index (χ4v) is 4.32. The van der Waals surface area contributed by atoms with Gasteiger partial charge in [-0.15, -0.1) is 0 Å². The fourth-order valence-electron chi connectivity index (χ4n) is 4.32. The van der Waals surface area contributed by atoms with Gasteiger partial charge in [0, 0.05) is 74.7 Å². The highest BCUT2D eigenvalue weighted by Crippen LogP contribution is 2.27. The summed E-state index contributed by atoms with van der Waals surface area (Å²) in [4.78, 5) is 16.1. The number of piperazine rings is 1. The number of likely N-dealkylation sites (tertiary alicyclic amines) is 1. The first-order valence-electron chi connectivity index (χ1n) is 11.5. The second-order valence-corrected chi connectivity index (χ2v) is 9.11. The number of benzene rings is 1. The van der Waals surface area contributed by atoms with Gasteiger partial charge in [-0.3, -0.25) is 4.90 Å². The first-order chi connectivity index (χ1) is 15.3.